The number of rotatable bonds is 10. The number of primary amides is 1. The van der Waals surface area contributed by atoms with E-state index < -0.39 is 48.2 Å². The SMILES string of the molecule is CC(=O)[C@H](NC(=O)N[C@@H](CC(N)=O)c1nc([C@@H](N)Cc2ccc(O)cc2)no1)C(=O)O. The number of hydrogen-bond donors (Lipinski definition) is 6. The Balaban J connectivity index is 2.11. The van der Waals surface area contributed by atoms with Crippen LogP contribution in [0, 0.1) is 0 Å². The third-order valence-electron chi connectivity index (χ3n) is 4.12. The van der Waals surface area contributed by atoms with Crippen LogP contribution in [0.2, 0.25) is 0 Å². The van der Waals surface area contributed by atoms with Crippen LogP contribution >= 0.6 is 0 Å². The van der Waals surface area contributed by atoms with Gasteiger partial charge in [0.1, 0.15) is 11.8 Å². The number of phenols is 1. The fourth-order valence-electron chi connectivity index (χ4n) is 2.59. The number of carboxylic acids is 1. The molecule has 13 nitrogen and oxygen atoms in total. The summed E-state index contributed by atoms with van der Waals surface area (Å²) in [6, 6.07) is 1.65. The van der Waals surface area contributed by atoms with E-state index in [1.807, 2.05) is 5.32 Å². The van der Waals surface area contributed by atoms with E-state index in [0.717, 1.165) is 12.5 Å². The molecule has 3 atom stereocenters. The van der Waals surface area contributed by atoms with Gasteiger partial charge in [0, 0.05) is 0 Å². The fraction of sp³-hybridized carbons (Fsp3) is 0.333. The number of nitrogens with one attached hydrogen (secondary N) is 2. The fourth-order valence-corrected chi connectivity index (χ4v) is 2.59. The standard InChI is InChI=1S/C18H22N6O7/c1-8(25)14(17(28)29)22-18(30)21-12(7-13(20)27)16-23-15(24-31-16)11(19)6-9-2-4-10(26)5-3-9/h2-5,11-12,14,26H,6-7,19H2,1H3,(H2,20,27)(H,28,29)(H2,21,22,30)/t11-,12-,14-/m0/s1. The molecule has 0 fully saturated rings. The Morgan fingerprint density at radius 1 is 1.16 bits per heavy atom. The van der Waals surface area contributed by atoms with Crippen molar-refractivity contribution in [3.05, 3.63) is 41.5 Å². The topological polar surface area (TPSA) is 224 Å². The van der Waals surface area contributed by atoms with Crippen molar-refractivity contribution in [2.45, 2.75) is 37.9 Å². The molecule has 0 spiro atoms. The van der Waals surface area contributed by atoms with Gasteiger partial charge in [0.25, 0.3) is 0 Å². The normalized spacial score (nSPS) is 13.6. The Bertz CT molecular complexity index is 945. The number of nitrogens with zero attached hydrogens (tertiary/aromatic N) is 2. The molecule has 0 aliphatic carbocycles. The Hall–Kier alpha value is -4.00. The lowest BCUT2D eigenvalue weighted by Crippen LogP contribution is -2.50. The maximum absolute atomic E-state index is 12.1. The second-order valence-electron chi connectivity index (χ2n) is 6.69. The molecule has 13 heteroatoms. The van der Waals surface area contributed by atoms with Crippen molar-refractivity contribution in [3.63, 3.8) is 0 Å². The molecule has 31 heavy (non-hydrogen) atoms. The summed E-state index contributed by atoms with van der Waals surface area (Å²) in [7, 11) is 0. The third-order valence-corrected chi connectivity index (χ3v) is 4.12. The Labute approximate surface area is 175 Å². The molecule has 166 valence electrons. The number of benzene rings is 1. The van der Waals surface area contributed by atoms with E-state index in [4.69, 9.17) is 21.1 Å². The van der Waals surface area contributed by atoms with E-state index in [9.17, 15) is 24.3 Å². The highest BCUT2D eigenvalue weighted by atomic mass is 16.5. The number of aromatic hydroxyl groups is 1. The molecule has 2 aromatic rings. The van der Waals surface area contributed by atoms with Crippen molar-refractivity contribution in [2.24, 2.45) is 11.5 Å². The predicted octanol–water partition coefficient (Wildman–Crippen LogP) is -0.724. The number of urea groups is 1. The van der Waals surface area contributed by atoms with Gasteiger partial charge in [-0.05, 0) is 31.0 Å². The predicted molar refractivity (Wildman–Crippen MR) is 103 cm³/mol. The molecule has 1 aromatic heterocycles. The zero-order valence-electron chi connectivity index (χ0n) is 16.4. The van der Waals surface area contributed by atoms with Crippen molar-refractivity contribution in [1.82, 2.24) is 20.8 Å². The molecular formula is C18H22N6O7. The summed E-state index contributed by atoms with van der Waals surface area (Å²) < 4.78 is 5.09. The Kier molecular flexibility index (Phi) is 7.63. The Morgan fingerprint density at radius 3 is 2.35 bits per heavy atom. The number of Topliss-reactive ketones (excluding diaryl/α,β-unsaturated/α-hetero) is 1. The summed E-state index contributed by atoms with van der Waals surface area (Å²) in [5, 5.41) is 26.3. The molecule has 1 aromatic carbocycles. The van der Waals surface area contributed by atoms with Crippen LogP contribution in [0.4, 0.5) is 4.79 Å². The first-order valence-electron chi connectivity index (χ1n) is 9.02. The molecule has 0 bridgehead atoms. The number of carbonyl (C=O) groups is 4. The maximum atomic E-state index is 12.1. The number of aliphatic carboxylic acids is 1. The molecule has 2 rings (SSSR count). The van der Waals surface area contributed by atoms with Crippen molar-refractivity contribution in [2.75, 3.05) is 0 Å². The molecule has 0 aliphatic rings. The van der Waals surface area contributed by atoms with Gasteiger partial charge in [-0.3, -0.25) is 9.59 Å². The summed E-state index contributed by atoms with van der Waals surface area (Å²) in [6.07, 6.45) is -0.118. The quantitative estimate of drug-likeness (QED) is 0.257. The van der Waals surface area contributed by atoms with E-state index >= 15 is 0 Å². The molecule has 0 saturated heterocycles. The van der Waals surface area contributed by atoms with Crippen LogP contribution in [-0.2, 0) is 20.8 Å². The zero-order chi connectivity index (χ0) is 23.1. The number of carbonyl (C=O) groups excluding carboxylic acids is 3. The minimum absolute atomic E-state index is 0.0897. The van der Waals surface area contributed by atoms with Gasteiger partial charge < -0.3 is 36.8 Å². The van der Waals surface area contributed by atoms with E-state index in [1.165, 1.54) is 12.1 Å². The smallest absolute Gasteiger partial charge is 0.334 e. The van der Waals surface area contributed by atoms with Crippen molar-refractivity contribution in [3.8, 4) is 5.75 Å². The molecule has 3 amide bonds. The van der Waals surface area contributed by atoms with Gasteiger partial charge in [-0.1, -0.05) is 17.3 Å². The lowest BCUT2D eigenvalue weighted by Gasteiger charge is -2.16. The first-order chi connectivity index (χ1) is 14.6. The largest absolute Gasteiger partial charge is 0.508 e. The van der Waals surface area contributed by atoms with E-state index in [2.05, 4.69) is 15.5 Å². The molecule has 0 aliphatic heterocycles. The first-order valence-corrected chi connectivity index (χ1v) is 9.02. The van der Waals surface area contributed by atoms with E-state index in [-0.39, 0.29) is 17.5 Å². The van der Waals surface area contributed by atoms with Gasteiger partial charge in [0.05, 0.1) is 12.5 Å². The molecule has 0 saturated carbocycles. The molecule has 0 radical (unpaired) electrons. The number of ketones is 1. The first kappa shape index (κ1) is 23.3. The van der Waals surface area contributed by atoms with Crippen molar-refractivity contribution < 1.29 is 33.9 Å². The van der Waals surface area contributed by atoms with Crippen LogP contribution in [0.25, 0.3) is 0 Å². The number of hydrogen-bond acceptors (Lipinski definition) is 9. The van der Waals surface area contributed by atoms with Gasteiger partial charge in [0.15, 0.2) is 17.6 Å². The highest BCUT2D eigenvalue weighted by Gasteiger charge is 2.29. The van der Waals surface area contributed by atoms with Crippen molar-refractivity contribution >= 4 is 23.7 Å². The lowest BCUT2D eigenvalue weighted by atomic mass is 10.1. The number of aromatic nitrogens is 2. The second-order valence-corrected chi connectivity index (χ2v) is 6.69. The summed E-state index contributed by atoms with van der Waals surface area (Å²) in [4.78, 5) is 50.0. The minimum atomic E-state index is -1.77. The van der Waals surface area contributed by atoms with Gasteiger partial charge in [-0.2, -0.15) is 4.98 Å². The molecular weight excluding hydrogens is 412 g/mol. The monoisotopic (exact) mass is 434 g/mol. The Morgan fingerprint density at radius 2 is 1.81 bits per heavy atom. The zero-order valence-corrected chi connectivity index (χ0v) is 16.4. The highest BCUT2D eigenvalue weighted by Crippen LogP contribution is 2.20. The van der Waals surface area contributed by atoms with Crippen LogP contribution < -0.4 is 22.1 Å². The number of amides is 3. The number of carboxylic acid groups (broad SMARTS) is 1. The van der Waals surface area contributed by atoms with E-state index in [0.29, 0.717) is 6.42 Å². The van der Waals surface area contributed by atoms with Gasteiger partial charge in [-0.15, -0.1) is 0 Å². The van der Waals surface area contributed by atoms with Gasteiger partial charge in [0.2, 0.25) is 11.8 Å². The van der Waals surface area contributed by atoms with E-state index in [1.54, 1.807) is 12.1 Å². The average molecular weight is 434 g/mol. The average Bonchev–Trinajstić information content (AvgIpc) is 3.17. The summed E-state index contributed by atoms with van der Waals surface area (Å²) in [5.74, 6) is -3.14. The van der Waals surface area contributed by atoms with Crippen LogP contribution in [0.5, 0.6) is 5.75 Å². The van der Waals surface area contributed by atoms with Crippen LogP contribution in [0.15, 0.2) is 28.8 Å². The van der Waals surface area contributed by atoms with Gasteiger partial charge in [-0.25, -0.2) is 9.59 Å². The molecule has 8 N–H and O–H groups in total. The second kappa shape index (κ2) is 10.2. The van der Waals surface area contributed by atoms with Crippen molar-refractivity contribution in [1.29, 1.82) is 0 Å². The third kappa shape index (κ3) is 6.78. The number of nitrogens with two attached hydrogens (primary N) is 2. The van der Waals surface area contributed by atoms with Crippen LogP contribution in [0.3, 0.4) is 0 Å². The number of phenolic OH excluding ortho intramolecular Hbond substituents is 1. The van der Waals surface area contributed by atoms with Crippen LogP contribution in [0.1, 0.15) is 42.7 Å². The van der Waals surface area contributed by atoms with Crippen LogP contribution in [-0.4, -0.2) is 50.1 Å². The summed E-state index contributed by atoms with van der Waals surface area (Å²) >= 11 is 0. The minimum Gasteiger partial charge on any atom is -0.508 e. The highest BCUT2D eigenvalue weighted by molar-refractivity contribution is 6.03. The summed E-state index contributed by atoms with van der Waals surface area (Å²) in [5.41, 5.74) is 12.1. The maximum Gasteiger partial charge on any atom is 0.334 e. The van der Waals surface area contributed by atoms with Gasteiger partial charge >= 0.3 is 12.0 Å². The molecule has 0 unspecified atom stereocenters. The molecule has 1 heterocycles. The summed E-state index contributed by atoms with van der Waals surface area (Å²) in [6.45, 7) is 1.000. The lowest BCUT2D eigenvalue weighted by molar-refractivity contribution is -0.142.